The molecule has 1 amide bonds. The molecule has 0 atom stereocenters. The predicted octanol–water partition coefficient (Wildman–Crippen LogP) is 1.00. The molecule has 0 saturated heterocycles. The highest BCUT2D eigenvalue weighted by Crippen LogP contribution is 2.39. The topological polar surface area (TPSA) is 82.2 Å². The number of fused-ring (bicyclic) bond motifs is 1. The Kier molecular flexibility index (Phi) is 2.22. The van der Waals surface area contributed by atoms with E-state index < -0.39 is 0 Å². The molecule has 0 bridgehead atoms. The van der Waals surface area contributed by atoms with Gasteiger partial charge in [-0.15, -0.1) is 0 Å². The van der Waals surface area contributed by atoms with Crippen LogP contribution >= 0.6 is 0 Å². The van der Waals surface area contributed by atoms with Gasteiger partial charge >= 0.3 is 0 Å². The van der Waals surface area contributed by atoms with Crippen molar-refractivity contribution in [3.63, 3.8) is 0 Å². The molecule has 6 nitrogen and oxygen atoms in total. The van der Waals surface area contributed by atoms with Gasteiger partial charge in [0.05, 0.1) is 11.9 Å². The van der Waals surface area contributed by atoms with Gasteiger partial charge in [-0.2, -0.15) is 5.10 Å². The molecular weight excluding hydrogens is 232 g/mol. The van der Waals surface area contributed by atoms with Crippen molar-refractivity contribution >= 4 is 17.4 Å². The van der Waals surface area contributed by atoms with Crippen LogP contribution in [0.5, 0.6) is 5.75 Å². The van der Waals surface area contributed by atoms with Crippen LogP contribution in [0, 0.1) is 0 Å². The number of nitrogens with one attached hydrogen (secondary N) is 1. The van der Waals surface area contributed by atoms with Crippen LogP contribution in [0.3, 0.4) is 0 Å². The number of rotatable bonds is 1. The fourth-order valence-electron chi connectivity index (χ4n) is 1.98. The van der Waals surface area contributed by atoms with Crippen LogP contribution in [0.25, 0.3) is 11.1 Å². The first kappa shape index (κ1) is 10.6. The maximum atomic E-state index is 11.4. The molecule has 18 heavy (non-hydrogen) atoms. The van der Waals surface area contributed by atoms with E-state index in [1.165, 1.54) is 0 Å². The third-order valence-electron chi connectivity index (χ3n) is 2.92. The molecule has 92 valence electrons. The number of benzene rings is 1. The van der Waals surface area contributed by atoms with Gasteiger partial charge in [-0.05, 0) is 6.07 Å². The second-order valence-electron chi connectivity index (χ2n) is 4.08. The third kappa shape index (κ3) is 1.50. The summed E-state index contributed by atoms with van der Waals surface area (Å²) >= 11 is 0. The number of nitrogens with zero attached hydrogens (tertiary/aromatic N) is 2. The summed E-state index contributed by atoms with van der Waals surface area (Å²) in [6.45, 7) is 0.0406. The van der Waals surface area contributed by atoms with Gasteiger partial charge in [0.15, 0.2) is 6.61 Å². The van der Waals surface area contributed by atoms with Gasteiger partial charge in [-0.25, -0.2) is 0 Å². The van der Waals surface area contributed by atoms with Gasteiger partial charge in [0, 0.05) is 18.2 Å². The maximum Gasteiger partial charge on any atom is 0.262 e. The number of hydrogen-bond donors (Lipinski definition) is 2. The molecular formula is C12H12N4O2. The second-order valence-corrected chi connectivity index (χ2v) is 4.08. The molecule has 0 saturated carbocycles. The number of aromatic nitrogens is 2. The molecule has 3 rings (SSSR count). The van der Waals surface area contributed by atoms with Crippen molar-refractivity contribution in [1.29, 1.82) is 0 Å². The summed E-state index contributed by atoms with van der Waals surface area (Å²) in [6.07, 6.45) is 1.67. The number of carbonyl (C=O) groups is 1. The number of para-hydroxylation sites is 1. The monoisotopic (exact) mass is 244 g/mol. The normalized spacial score (nSPS) is 13.7. The zero-order chi connectivity index (χ0) is 12.7. The lowest BCUT2D eigenvalue weighted by atomic mass is 10.0. The van der Waals surface area contributed by atoms with Crippen LogP contribution in [0.4, 0.5) is 11.5 Å². The SMILES string of the molecule is Cn1ncc(-c2cccc3c2NC(=O)CO3)c1N. The highest BCUT2D eigenvalue weighted by molar-refractivity contribution is 6.01. The van der Waals surface area contributed by atoms with E-state index in [2.05, 4.69) is 10.4 Å². The van der Waals surface area contributed by atoms with Crippen LogP contribution < -0.4 is 15.8 Å². The Labute approximate surface area is 103 Å². The van der Waals surface area contributed by atoms with E-state index in [-0.39, 0.29) is 12.5 Å². The van der Waals surface area contributed by atoms with E-state index >= 15 is 0 Å². The van der Waals surface area contributed by atoms with E-state index in [4.69, 9.17) is 10.5 Å². The summed E-state index contributed by atoms with van der Waals surface area (Å²) in [4.78, 5) is 11.4. The number of ether oxygens (including phenoxy) is 1. The molecule has 1 aliphatic rings. The van der Waals surface area contributed by atoms with Crippen LogP contribution in [-0.2, 0) is 11.8 Å². The minimum Gasteiger partial charge on any atom is -0.482 e. The van der Waals surface area contributed by atoms with Crippen LogP contribution in [0.15, 0.2) is 24.4 Å². The molecule has 3 N–H and O–H groups in total. The van der Waals surface area contributed by atoms with E-state index in [0.29, 0.717) is 17.3 Å². The minimum atomic E-state index is -0.169. The van der Waals surface area contributed by atoms with Crippen molar-refractivity contribution in [2.45, 2.75) is 0 Å². The third-order valence-corrected chi connectivity index (χ3v) is 2.92. The predicted molar refractivity (Wildman–Crippen MR) is 67.2 cm³/mol. The zero-order valence-corrected chi connectivity index (χ0v) is 9.80. The Morgan fingerprint density at radius 3 is 3.00 bits per heavy atom. The Bertz CT molecular complexity index is 633. The number of nitrogens with two attached hydrogens (primary N) is 1. The van der Waals surface area contributed by atoms with Crippen LogP contribution in [0.2, 0.25) is 0 Å². The lowest BCUT2D eigenvalue weighted by molar-refractivity contribution is -0.118. The Hall–Kier alpha value is -2.50. The minimum absolute atomic E-state index is 0.0406. The van der Waals surface area contributed by atoms with Gasteiger partial charge in [0.2, 0.25) is 0 Å². The van der Waals surface area contributed by atoms with Crippen LogP contribution in [0.1, 0.15) is 0 Å². The zero-order valence-electron chi connectivity index (χ0n) is 9.80. The van der Waals surface area contributed by atoms with E-state index in [9.17, 15) is 4.79 Å². The number of amides is 1. The van der Waals surface area contributed by atoms with Crippen molar-refractivity contribution in [1.82, 2.24) is 9.78 Å². The first-order valence-corrected chi connectivity index (χ1v) is 5.50. The van der Waals surface area contributed by atoms with Crippen molar-refractivity contribution in [2.75, 3.05) is 17.7 Å². The van der Waals surface area contributed by atoms with E-state index in [0.717, 1.165) is 11.1 Å². The van der Waals surface area contributed by atoms with Gasteiger partial charge in [0.1, 0.15) is 11.6 Å². The molecule has 2 aromatic rings. The number of hydrogen-bond acceptors (Lipinski definition) is 4. The summed E-state index contributed by atoms with van der Waals surface area (Å²) < 4.78 is 6.95. The summed E-state index contributed by atoms with van der Waals surface area (Å²) in [6, 6.07) is 5.55. The van der Waals surface area contributed by atoms with Crippen LogP contribution in [-0.4, -0.2) is 22.3 Å². The molecule has 1 aliphatic heterocycles. The Morgan fingerprint density at radius 1 is 1.44 bits per heavy atom. The van der Waals surface area contributed by atoms with Gasteiger partial charge < -0.3 is 15.8 Å². The van der Waals surface area contributed by atoms with Gasteiger partial charge in [-0.1, -0.05) is 12.1 Å². The number of anilines is 2. The molecule has 1 aromatic carbocycles. The quantitative estimate of drug-likeness (QED) is 0.784. The van der Waals surface area contributed by atoms with Crippen molar-refractivity contribution in [2.24, 2.45) is 7.05 Å². The molecule has 0 spiro atoms. The molecule has 0 radical (unpaired) electrons. The summed E-state index contributed by atoms with van der Waals surface area (Å²) in [7, 11) is 1.77. The lowest BCUT2D eigenvalue weighted by Gasteiger charge is -2.20. The molecule has 1 aromatic heterocycles. The highest BCUT2D eigenvalue weighted by Gasteiger charge is 2.21. The van der Waals surface area contributed by atoms with Gasteiger partial charge in [-0.3, -0.25) is 9.48 Å². The largest absolute Gasteiger partial charge is 0.482 e. The Balaban J connectivity index is 2.19. The number of aryl methyl sites for hydroxylation is 1. The van der Waals surface area contributed by atoms with E-state index in [1.54, 1.807) is 17.9 Å². The highest BCUT2D eigenvalue weighted by atomic mass is 16.5. The Morgan fingerprint density at radius 2 is 2.28 bits per heavy atom. The molecule has 0 fully saturated rings. The maximum absolute atomic E-state index is 11.4. The standard InChI is InChI=1S/C12H12N4O2/c1-16-12(13)8(5-14-16)7-3-2-4-9-11(7)15-10(17)6-18-9/h2-5H,6,13H2,1H3,(H,15,17). The molecule has 6 heteroatoms. The number of nitrogen functional groups attached to an aromatic ring is 1. The molecule has 0 unspecified atom stereocenters. The first-order valence-electron chi connectivity index (χ1n) is 5.50. The lowest BCUT2D eigenvalue weighted by Crippen LogP contribution is -2.25. The average molecular weight is 244 g/mol. The fraction of sp³-hybridized carbons (Fsp3) is 0.167. The summed E-state index contributed by atoms with van der Waals surface area (Å²) in [5, 5.41) is 6.91. The van der Waals surface area contributed by atoms with Gasteiger partial charge in [0.25, 0.3) is 5.91 Å². The second kappa shape index (κ2) is 3.76. The fourth-order valence-corrected chi connectivity index (χ4v) is 1.98. The summed E-state index contributed by atoms with van der Waals surface area (Å²) in [5.41, 5.74) is 8.19. The van der Waals surface area contributed by atoms with E-state index in [1.807, 2.05) is 18.2 Å². The summed E-state index contributed by atoms with van der Waals surface area (Å²) in [5.74, 6) is 1.02. The van der Waals surface area contributed by atoms with Crippen molar-refractivity contribution in [3.05, 3.63) is 24.4 Å². The first-order chi connectivity index (χ1) is 8.66. The smallest absolute Gasteiger partial charge is 0.262 e. The molecule has 0 aliphatic carbocycles. The van der Waals surface area contributed by atoms with Crippen molar-refractivity contribution < 1.29 is 9.53 Å². The average Bonchev–Trinajstić information content (AvgIpc) is 2.69. The van der Waals surface area contributed by atoms with Crippen molar-refractivity contribution in [3.8, 4) is 16.9 Å². The number of carbonyl (C=O) groups excluding carboxylic acids is 1. The molecule has 2 heterocycles.